The molecular formula is C22H25BrF3N5O3. The van der Waals surface area contributed by atoms with Gasteiger partial charge in [0.1, 0.15) is 18.1 Å². The number of hydrogen-bond donors (Lipinski definition) is 2. The van der Waals surface area contributed by atoms with E-state index in [0.29, 0.717) is 6.54 Å². The summed E-state index contributed by atoms with van der Waals surface area (Å²) in [7, 11) is 0. The van der Waals surface area contributed by atoms with Crippen LogP contribution in [0.4, 0.5) is 30.5 Å². The predicted molar refractivity (Wildman–Crippen MR) is 125 cm³/mol. The van der Waals surface area contributed by atoms with Crippen LogP contribution in [0, 0.1) is 0 Å². The zero-order valence-electron chi connectivity index (χ0n) is 18.5. The molecule has 2 aliphatic heterocycles. The fourth-order valence-corrected chi connectivity index (χ4v) is 4.06. The molecule has 184 valence electrons. The highest BCUT2D eigenvalue weighted by Gasteiger charge is 2.38. The highest BCUT2D eigenvalue weighted by atomic mass is 79.9. The molecule has 3 heterocycles. The molecule has 0 aliphatic carbocycles. The van der Waals surface area contributed by atoms with E-state index in [2.05, 4.69) is 36.1 Å². The number of carbonyl (C=O) groups excluding carboxylic acids is 1. The van der Waals surface area contributed by atoms with Gasteiger partial charge in [-0.1, -0.05) is 35.0 Å². The lowest BCUT2D eigenvalue weighted by Gasteiger charge is -2.38. The molecule has 0 spiro atoms. The minimum absolute atomic E-state index is 0.0842. The lowest BCUT2D eigenvalue weighted by atomic mass is 10.1. The Labute approximate surface area is 203 Å². The van der Waals surface area contributed by atoms with E-state index in [9.17, 15) is 18.0 Å². The minimum atomic E-state index is -5.08. The number of amides is 1. The number of aliphatic carboxylic acids is 1. The number of alkyl halides is 3. The summed E-state index contributed by atoms with van der Waals surface area (Å²) in [4.78, 5) is 35.3. The number of carboxylic acids is 1. The van der Waals surface area contributed by atoms with Crippen LogP contribution < -0.4 is 15.1 Å². The van der Waals surface area contributed by atoms with Crippen molar-refractivity contribution in [3.63, 3.8) is 0 Å². The van der Waals surface area contributed by atoms with Gasteiger partial charge in [-0.15, -0.1) is 0 Å². The highest BCUT2D eigenvalue weighted by Crippen LogP contribution is 2.39. The number of nitrogens with one attached hydrogen (secondary N) is 1. The summed E-state index contributed by atoms with van der Waals surface area (Å²) in [5.41, 5.74) is 1.90. The Kier molecular flexibility index (Phi) is 8.34. The summed E-state index contributed by atoms with van der Waals surface area (Å²) in [5, 5.41) is 10.4. The van der Waals surface area contributed by atoms with Crippen LogP contribution in [-0.4, -0.2) is 52.3 Å². The first-order valence-corrected chi connectivity index (χ1v) is 11.6. The molecule has 0 radical (unpaired) electrons. The van der Waals surface area contributed by atoms with Crippen molar-refractivity contribution in [2.24, 2.45) is 0 Å². The summed E-state index contributed by atoms with van der Waals surface area (Å²) in [6, 6.07) is 7.85. The quantitative estimate of drug-likeness (QED) is 0.581. The lowest BCUT2D eigenvalue weighted by molar-refractivity contribution is -0.192. The number of anilines is 3. The average Bonchev–Trinajstić information content (AvgIpc) is 2.82. The monoisotopic (exact) mass is 543 g/mol. The van der Waals surface area contributed by atoms with E-state index in [1.165, 1.54) is 6.42 Å². The fraction of sp³-hybridized carbons (Fsp3) is 0.455. The van der Waals surface area contributed by atoms with Gasteiger partial charge in [0, 0.05) is 17.6 Å². The van der Waals surface area contributed by atoms with Crippen molar-refractivity contribution in [3.05, 3.63) is 40.6 Å². The zero-order valence-corrected chi connectivity index (χ0v) is 20.1. The van der Waals surface area contributed by atoms with Gasteiger partial charge < -0.3 is 15.3 Å². The van der Waals surface area contributed by atoms with Gasteiger partial charge in [-0.3, -0.25) is 9.69 Å². The van der Waals surface area contributed by atoms with Crippen LogP contribution in [0.5, 0.6) is 0 Å². The van der Waals surface area contributed by atoms with Crippen LogP contribution >= 0.6 is 15.9 Å². The molecule has 34 heavy (non-hydrogen) atoms. The summed E-state index contributed by atoms with van der Waals surface area (Å²) >= 11 is 3.48. The van der Waals surface area contributed by atoms with E-state index in [4.69, 9.17) is 9.90 Å². The van der Waals surface area contributed by atoms with Crippen molar-refractivity contribution in [3.8, 4) is 0 Å². The molecule has 1 fully saturated rings. The first-order chi connectivity index (χ1) is 16.1. The molecule has 1 atom stereocenters. The first-order valence-electron chi connectivity index (χ1n) is 10.8. The number of nitrogens with zero attached hydrogens (tertiary/aromatic N) is 4. The van der Waals surface area contributed by atoms with E-state index >= 15 is 0 Å². The van der Waals surface area contributed by atoms with Crippen LogP contribution in [0.25, 0.3) is 0 Å². The Morgan fingerprint density at radius 2 is 1.79 bits per heavy atom. The third-order valence-corrected chi connectivity index (χ3v) is 6.04. The van der Waals surface area contributed by atoms with Crippen LogP contribution in [-0.2, 0) is 16.1 Å². The Morgan fingerprint density at radius 3 is 2.35 bits per heavy atom. The van der Waals surface area contributed by atoms with Crippen molar-refractivity contribution >= 4 is 45.1 Å². The van der Waals surface area contributed by atoms with Crippen LogP contribution in [0.3, 0.4) is 0 Å². The SMILES string of the molecule is CCC1Nc2ncnc(N3CCCCC3)c2N(Cc2ccc(Br)cc2)C1=O.O=C(O)C(F)(F)F. The van der Waals surface area contributed by atoms with Gasteiger partial charge >= 0.3 is 12.1 Å². The molecule has 8 nitrogen and oxygen atoms in total. The fourth-order valence-electron chi connectivity index (χ4n) is 3.79. The Balaban J connectivity index is 0.000000406. The van der Waals surface area contributed by atoms with Crippen molar-refractivity contribution in [2.45, 2.75) is 51.4 Å². The number of halogens is 4. The maximum atomic E-state index is 13.2. The van der Waals surface area contributed by atoms with E-state index in [1.54, 1.807) is 6.33 Å². The number of carbonyl (C=O) groups is 2. The van der Waals surface area contributed by atoms with Gasteiger partial charge in [-0.05, 0) is 43.4 Å². The second-order valence-electron chi connectivity index (χ2n) is 7.90. The number of piperidine rings is 1. The lowest BCUT2D eigenvalue weighted by Crippen LogP contribution is -2.48. The summed E-state index contributed by atoms with van der Waals surface area (Å²) < 4.78 is 32.8. The second-order valence-corrected chi connectivity index (χ2v) is 8.82. The average molecular weight is 544 g/mol. The van der Waals surface area contributed by atoms with E-state index in [-0.39, 0.29) is 11.9 Å². The summed E-state index contributed by atoms with van der Waals surface area (Å²) in [6.45, 7) is 4.48. The van der Waals surface area contributed by atoms with Gasteiger partial charge in [-0.25, -0.2) is 14.8 Å². The molecule has 12 heteroatoms. The molecule has 0 bridgehead atoms. The molecule has 1 unspecified atom stereocenters. The smallest absolute Gasteiger partial charge is 0.475 e. The number of fused-ring (bicyclic) bond motifs is 1. The Hall–Kier alpha value is -2.89. The number of hydrogen-bond acceptors (Lipinski definition) is 6. The number of aromatic nitrogens is 2. The highest BCUT2D eigenvalue weighted by molar-refractivity contribution is 9.10. The number of rotatable bonds is 4. The third kappa shape index (κ3) is 6.16. The van der Waals surface area contributed by atoms with Crippen molar-refractivity contribution in [1.29, 1.82) is 0 Å². The van der Waals surface area contributed by atoms with Crippen molar-refractivity contribution in [2.75, 3.05) is 28.2 Å². The molecule has 0 saturated carbocycles. The number of carboxylic acid groups (broad SMARTS) is 1. The van der Waals surface area contributed by atoms with E-state index in [0.717, 1.165) is 59.7 Å². The van der Waals surface area contributed by atoms with Gasteiger partial charge in [-0.2, -0.15) is 13.2 Å². The van der Waals surface area contributed by atoms with E-state index < -0.39 is 12.1 Å². The maximum Gasteiger partial charge on any atom is 0.490 e. The normalized spacial score (nSPS) is 17.9. The molecule has 2 N–H and O–H groups in total. The first kappa shape index (κ1) is 25.7. The molecule has 1 amide bonds. The molecule has 4 rings (SSSR count). The molecular weight excluding hydrogens is 519 g/mol. The maximum absolute atomic E-state index is 13.2. The summed E-state index contributed by atoms with van der Waals surface area (Å²) in [6.07, 6.45) is 0.810. The van der Waals surface area contributed by atoms with Crippen LogP contribution in [0.2, 0.25) is 0 Å². The van der Waals surface area contributed by atoms with Crippen LogP contribution in [0.15, 0.2) is 35.1 Å². The van der Waals surface area contributed by atoms with Gasteiger partial charge in [0.2, 0.25) is 5.91 Å². The van der Waals surface area contributed by atoms with Gasteiger partial charge in [0.05, 0.1) is 6.54 Å². The number of benzene rings is 1. The van der Waals surface area contributed by atoms with Gasteiger partial charge in [0.25, 0.3) is 0 Å². The minimum Gasteiger partial charge on any atom is -0.475 e. The topological polar surface area (TPSA) is 98.7 Å². The Morgan fingerprint density at radius 1 is 1.18 bits per heavy atom. The molecule has 2 aliphatic rings. The molecule has 1 aromatic carbocycles. The largest absolute Gasteiger partial charge is 0.490 e. The third-order valence-electron chi connectivity index (χ3n) is 5.51. The summed E-state index contributed by atoms with van der Waals surface area (Å²) in [5.74, 6) is -1.05. The molecule has 1 saturated heterocycles. The Bertz CT molecular complexity index is 1010. The second kappa shape index (κ2) is 11.0. The standard InChI is InChI=1S/C20H24BrN5O.C2HF3O2/c1-2-16-20(27)26(12-14-6-8-15(21)9-7-14)17-18(24-16)22-13-23-19(17)25-10-4-3-5-11-25;3-2(4,5)1(6)7/h6-9,13,16H,2-5,10-12H2,1H3,(H,22,23,24);(H,6,7). The molecule has 2 aromatic rings. The van der Waals surface area contributed by atoms with Crippen LogP contribution in [0.1, 0.15) is 38.2 Å². The van der Waals surface area contributed by atoms with Crippen molar-refractivity contribution < 1.29 is 27.9 Å². The van der Waals surface area contributed by atoms with E-state index in [1.807, 2.05) is 36.1 Å². The van der Waals surface area contributed by atoms with Crippen molar-refractivity contribution in [1.82, 2.24) is 9.97 Å². The molecule has 1 aromatic heterocycles. The van der Waals surface area contributed by atoms with Gasteiger partial charge in [0.15, 0.2) is 11.6 Å². The predicted octanol–water partition coefficient (Wildman–Crippen LogP) is 4.60. The zero-order chi connectivity index (χ0) is 24.9.